The second-order valence-corrected chi connectivity index (χ2v) is 8.68. The van der Waals surface area contributed by atoms with Crippen molar-refractivity contribution in [3.05, 3.63) is 0 Å². The summed E-state index contributed by atoms with van der Waals surface area (Å²) in [5.74, 6) is -0.157. The topological polar surface area (TPSA) is 74.8 Å². The van der Waals surface area contributed by atoms with Gasteiger partial charge in [-0.25, -0.2) is 8.42 Å². The van der Waals surface area contributed by atoms with Gasteiger partial charge >= 0.3 is 0 Å². The molecule has 0 aromatic heterocycles. The summed E-state index contributed by atoms with van der Waals surface area (Å²) in [4.78, 5) is 27.8. The van der Waals surface area contributed by atoms with E-state index in [0.717, 1.165) is 25.8 Å². The van der Waals surface area contributed by atoms with E-state index >= 15 is 0 Å². The minimum Gasteiger partial charge on any atom is -0.342 e. The third-order valence-corrected chi connectivity index (χ3v) is 6.45. The minimum absolute atomic E-state index is 0.0434. The molecule has 0 aromatic rings. The Labute approximate surface area is 132 Å². The predicted molar refractivity (Wildman–Crippen MR) is 84.0 cm³/mol. The molecule has 2 saturated heterocycles. The zero-order chi connectivity index (χ0) is 16.3. The fourth-order valence-corrected chi connectivity index (χ4v) is 5.03. The molecule has 7 heteroatoms. The van der Waals surface area contributed by atoms with Gasteiger partial charge in [-0.3, -0.25) is 9.59 Å². The zero-order valence-corrected chi connectivity index (χ0v) is 14.3. The van der Waals surface area contributed by atoms with Crippen molar-refractivity contribution in [1.82, 2.24) is 9.80 Å². The Balaban J connectivity index is 1.89. The van der Waals surface area contributed by atoms with Crippen molar-refractivity contribution in [1.29, 1.82) is 0 Å². The van der Waals surface area contributed by atoms with Gasteiger partial charge in [-0.1, -0.05) is 19.8 Å². The normalized spacial score (nSPS) is 27.4. The van der Waals surface area contributed by atoms with E-state index in [1.807, 2.05) is 0 Å². The number of unbranched alkanes of at least 4 members (excludes halogenated alkanes) is 2. The first kappa shape index (κ1) is 17.2. The molecule has 2 atom stereocenters. The molecule has 2 fully saturated rings. The Bertz CT molecular complexity index is 532. The molecular formula is C15H26N2O4S. The molecule has 2 aliphatic heterocycles. The number of nitrogens with zero attached hydrogens (tertiary/aromatic N) is 2. The van der Waals surface area contributed by atoms with E-state index in [2.05, 4.69) is 6.92 Å². The maximum Gasteiger partial charge on any atom is 0.228 e. The van der Waals surface area contributed by atoms with Crippen LogP contribution in [0.3, 0.4) is 0 Å². The standard InChI is InChI=1S/C15H26N2O4S/c1-3-4-5-7-17-10-12(9-14(17)18)15(19)16(2)13-6-8-22(20,21)11-13/h12-13H,3-11H2,1-2H3. The highest BCUT2D eigenvalue weighted by atomic mass is 32.2. The van der Waals surface area contributed by atoms with Crippen LogP contribution in [-0.2, 0) is 19.4 Å². The summed E-state index contributed by atoms with van der Waals surface area (Å²) in [6, 6.07) is -0.234. The molecule has 0 radical (unpaired) electrons. The predicted octanol–water partition coefficient (Wildman–Crippen LogP) is 0.671. The van der Waals surface area contributed by atoms with E-state index in [1.165, 1.54) is 0 Å². The van der Waals surface area contributed by atoms with Crippen molar-refractivity contribution < 1.29 is 18.0 Å². The number of hydrogen-bond acceptors (Lipinski definition) is 4. The summed E-state index contributed by atoms with van der Waals surface area (Å²) >= 11 is 0. The first-order chi connectivity index (χ1) is 10.3. The number of likely N-dealkylation sites (tertiary alicyclic amines) is 1. The smallest absolute Gasteiger partial charge is 0.228 e. The van der Waals surface area contributed by atoms with Gasteiger partial charge in [0, 0.05) is 32.6 Å². The monoisotopic (exact) mass is 330 g/mol. The largest absolute Gasteiger partial charge is 0.342 e. The van der Waals surface area contributed by atoms with E-state index in [9.17, 15) is 18.0 Å². The quantitative estimate of drug-likeness (QED) is 0.671. The summed E-state index contributed by atoms with van der Waals surface area (Å²) in [7, 11) is -1.34. The zero-order valence-electron chi connectivity index (χ0n) is 13.5. The van der Waals surface area contributed by atoms with E-state index in [0.29, 0.717) is 13.0 Å². The van der Waals surface area contributed by atoms with Gasteiger partial charge in [0.15, 0.2) is 9.84 Å². The van der Waals surface area contributed by atoms with Crippen molar-refractivity contribution in [2.75, 3.05) is 31.6 Å². The lowest BCUT2D eigenvalue weighted by atomic mass is 10.1. The van der Waals surface area contributed by atoms with Crippen LogP contribution in [0.2, 0.25) is 0 Å². The third kappa shape index (κ3) is 4.00. The van der Waals surface area contributed by atoms with Crippen LogP contribution in [-0.4, -0.2) is 67.7 Å². The van der Waals surface area contributed by atoms with Crippen LogP contribution in [0, 0.1) is 5.92 Å². The number of sulfone groups is 1. The summed E-state index contributed by atoms with van der Waals surface area (Å²) in [5, 5.41) is 0. The van der Waals surface area contributed by atoms with Gasteiger partial charge < -0.3 is 9.80 Å². The van der Waals surface area contributed by atoms with Gasteiger partial charge in [-0.05, 0) is 12.8 Å². The lowest BCUT2D eigenvalue weighted by Gasteiger charge is -2.26. The number of carbonyl (C=O) groups is 2. The summed E-state index contributed by atoms with van der Waals surface area (Å²) < 4.78 is 23.1. The minimum atomic E-state index is -3.01. The second-order valence-electron chi connectivity index (χ2n) is 6.45. The van der Waals surface area contributed by atoms with Gasteiger partial charge in [0.05, 0.1) is 17.4 Å². The van der Waals surface area contributed by atoms with Gasteiger partial charge in [0.1, 0.15) is 0 Å². The van der Waals surface area contributed by atoms with Gasteiger partial charge in [-0.15, -0.1) is 0 Å². The SMILES string of the molecule is CCCCCN1CC(C(=O)N(C)C2CCS(=O)(=O)C2)CC1=O. The molecule has 2 heterocycles. The molecule has 0 aromatic carbocycles. The van der Waals surface area contributed by atoms with Crippen LogP contribution >= 0.6 is 0 Å². The van der Waals surface area contributed by atoms with Crippen LogP contribution in [0.5, 0.6) is 0 Å². The van der Waals surface area contributed by atoms with Gasteiger partial charge in [0.25, 0.3) is 0 Å². The molecule has 0 spiro atoms. The molecule has 2 unspecified atom stereocenters. The number of amides is 2. The molecule has 2 aliphatic rings. The first-order valence-corrected chi connectivity index (χ1v) is 9.91. The van der Waals surface area contributed by atoms with Gasteiger partial charge in [-0.2, -0.15) is 0 Å². The number of rotatable bonds is 6. The Morgan fingerprint density at radius 3 is 2.68 bits per heavy atom. The van der Waals surface area contributed by atoms with E-state index in [1.54, 1.807) is 16.8 Å². The number of carbonyl (C=O) groups excluding carboxylic acids is 2. The van der Waals surface area contributed by atoms with Crippen molar-refractivity contribution in [2.24, 2.45) is 5.92 Å². The Morgan fingerprint density at radius 1 is 1.36 bits per heavy atom. The maximum absolute atomic E-state index is 12.5. The lowest BCUT2D eigenvalue weighted by molar-refractivity contribution is -0.136. The Kier molecular flexibility index (Phi) is 5.47. The molecule has 0 aliphatic carbocycles. The highest BCUT2D eigenvalue weighted by Crippen LogP contribution is 2.24. The van der Waals surface area contributed by atoms with Crippen molar-refractivity contribution in [2.45, 2.75) is 45.1 Å². The van der Waals surface area contributed by atoms with Crippen LogP contribution < -0.4 is 0 Å². The maximum atomic E-state index is 12.5. The molecule has 0 saturated carbocycles. The Hall–Kier alpha value is -1.11. The molecule has 0 bridgehead atoms. The van der Waals surface area contributed by atoms with Crippen LogP contribution in [0.25, 0.3) is 0 Å². The van der Waals surface area contributed by atoms with E-state index in [4.69, 9.17) is 0 Å². The highest BCUT2D eigenvalue weighted by Gasteiger charge is 2.39. The average molecular weight is 330 g/mol. The molecule has 126 valence electrons. The summed E-state index contributed by atoms with van der Waals surface area (Å²) in [5.41, 5.74) is 0. The summed E-state index contributed by atoms with van der Waals surface area (Å²) in [6.45, 7) is 3.31. The van der Waals surface area contributed by atoms with Crippen LogP contribution in [0.15, 0.2) is 0 Å². The molecule has 2 rings (SSSR count). The average Bonchev–Trinajstić information content (AvgIpc) is 3.01. The fraction of sp³-hybridized carbons (Fsp3) is 0.867. The molecule has 2 amide bonds. The van der Waals surface area contributed by atoms with Crippen molar-refractivity contribution >= 4 is 21.7 Å². The van der Waals surface area contributed by atoms with Crippen molar-refractivity contribution in [3.63, 3.8) is 0 Å². The lowest BCUT2D eigenvalue weighted by Crippen LogP contribution is -2.42. The molecule has 22 heavy (non-hydrogen) atoms. The van der Waals surface area contributed by atoms with Crippen LogP contribution in [0.1, 0.15) is 39.0 Å². The summed E-state index contributed by atoms with van der Waals surface area (Å²) in [6.07, 6.45) is 3.92. The van der Waals surface area contributed by atoms with Gasteiger partial charge in [0.2, 0.25) is 11.8 Å². The molecule has 6 nitrogen and oxygen atoms in total. The second kappa shape index (κ2) is 6.98. The molecule has 0 N–H and O–H groups in total. The van der Waals surface area contributed by atoms with Crippen LogP contribution in [0.4, 0.5) is 0 Å². The Morgan fingerprint density at radius 2 is 2.09 bits per heavy atom. The van der Waals surface area contributed by atoms with E-state index in [-0.39, 0.29) is 41.7 Å². The first-order valence-electron chi connectivity index (χ1n) is 8.09. The molecular weight excluding hydrogens is 304 g/mol. The number of hydrogen-bond donors (Lipinski definition) is 0. The highest BCUT2D eigenvalue weighted by molar-refractivity contribution is 7.91. The van der Waals surface area contributed by atoms with E-state index < -0.39 is 9.84 Å². The third-order valence-electron chi connectivity index (χ3n) is 4.70. The fourth-order valence-electron chi connectivity index (χ4n) is 3.26. The van der Waals surface area contributed by atoms with Crippen molar-refractivity contribution in [3.8, 4) is 0 Å².